The molecule has 0 bridgehead atoms. The van der Waals surface area contributed by atoms with E-state index in [1.165, 1.54) is 70.6 Å². The van der Waals surface area contributed by atoms with Crippen LogP contribution >= 0.6 is 11.8 Å². The van der Waals surface area contributed by atoms with Crippen LogP contribution in [-0.2, 0) is 16.1 Å². The second-order valence-electron chi connectivity index (χ2n) is 7.12. The molecule has 172 valence electrons. The number of rotatable bonds is 7. The number of nitro benzene ring substituents is 2. The van der Waals surface area contributed by atoms with E-state index in [1.807, 2.05) is 0 Å². The molecule has 1 N–H and O–H groups in total. The summed E-state index contributed by atoms with van der Waals surface area (Å²) in [5.41, 5.74) is 3.56. The number of nitrogens with zero attached hydrogens (tertiary/aromatic N) is 5. The fourth-order valence-electron chi connectivity index (χ4n) is 3.19. The molecule has 1 aliphatic rings. The highest BCUT2D eigenvalue weighted by Gasteiger charge is 2.38. The smallest absolute Gasteiger partial charge is 0.280 e. The molecule has 34 heavy (non-hydrogen) atoms. The molecule has 1 saturated heterocycles. The van der Waals surface area contributed by atoms with Crippen LogP contribution in [0.4, 0.5) is 11.4 Å². The number of hydrogen-bond acceptors (Lipinski definition) is 8. The molecule has 1 unspecified atom stereocenters. The van der Waals surface area contributed by atoms with Gasteiger partial charge in [0.1, 0.15) is 11.9 Å². The Hall–Kier alpha value is -4.52. The minimum Gasteiger partial charge on any atom is -0.328 e. The van der Waals surface area contributed by atoms with Crippen molar-refractivity contribution >= 4 is 41.0 Å². The number of carbonyl (C=O) groups excluding carboxylic acids is 2. The van der Waals surface area contributed by atoms with E-state index in [1.54, 1.807) is 12.3 Å². The largest absolute Gasteiger partial charge is 0.328 e. The molecule has 4 rings (SSSR count). The SMILES string of the molecule is O=C(Cn1ccnc1)NN1C(=O)/C(=C/c2ccc([N+](=O)[O-])cc2)SC1c1ccc([N+](=O)[O-])cc1. The van der Waals surface area contributed by atoms with E-state index < -0.39 is 27.0 Å². The fraction of sp³-hybridized carbons (Fsp3) is 0.0952. The van der Waals surface area contributed by atoms with Crippen molar-refractivity contribution in [1.82, 2.24) is 20.0 Å². The first-order chi connectivity index (χ1) is 16.3. The van der Waals surface area contributed by atoms with E-state index in [-0.39, 0.29) is 17.9 Å². The number of hydrazine groups is 1. The number of aromatic nitrogens is 2. The van der Waals surface area contributed by atoms with Gasteiger partial charge in [-0.25, -0.2) is 9.99 Å². The number of nitro groups is 2. The summed E-state index contributed by atoms with van der Waals surface area (Å²) in [6.07, 6.45) is 6.16. The maximum Gasteiger partial charge on any atom is 0.280 e. The van der Waals surface area contributed by atoms with E-state index in [9.17, 15) is 29.8 Å². The van der Waals surface area contributed by atoms with Gasteiger partial charge in [0.25, 0.3) is 23.2 Å². The van der Waals surface area contributed by atoms with Crippen molar-refractivity contribution in [3.8, 4) is 0 Å². The summed E-state index contributed by atoms with van der Waals surface area (Å²) in [4.78, 5) is 50.7. The second kappa shape index (κ2) is 9.54. The lowest BCUT2D eigenvalue weighted by atomic mass is 10.2. The predicted octanol–water partition coefficient (Wildman–Crippen LogP) is 3.05. The van der Waals surface area contributed by atoms with Crippen LogP contribution in [0.25, 0.3) is 6.08 Å². The van der Waals surface area contributed by atoms with Gasteiger partial charge >= 0.3 is 0 Å². The highest BCUT2D eigenvalue weighted by molar-refractivity contribution is 8.04. The summed E-state index contributed by atoms with van der Waals surface area (Å²) in [6, 6.07) is 11.4. The van der Waals surface area contributed by atoms with E-state index in [0.717, 1.165) is 11.8 Å². The number of imidazole rings is 1. The Morgan fingerprint density at radius 2 is 1.68 bits per heavy atom. The molecule has 12 nitrogen and oxygen atoms in total. The predicted molar refractivity (Wildman–Crippen MR) is 122 cm³/mol. The molecule has 2 heterocycles. The molecular weight excluding hydrogens is 464 g/mol. The van der Waals surface area contributed by atoms with Crippen LogP contribution in [0, 0.1) is 20.2 Å². The maximum atomic E-state index is 13.2. The molecular formula is C21H16N6O6S. The van der Waals surface area contributed by atoms with Crippen molar-refractivity contribution in [3.63, 3.8) is 0 Å². The average molecular weight is 480 g/mol. The average Bonchev–Trinajstić information content (AvgIpc) is 3.43. The lowest BCUT2D eigenvalue weighted by molar-refractivity contribution is -0.385. The number of thioether (sulfide) groups is 1. The van der Waals surface area contributed by atoms with E-state index >= 15 is 0 Å². The number of hydrogen-bond donors (Lipinski definition) is 1. The first-order valence-electron chi connectivity index (χ1n) is 9.78. The molecule has 13 heteroatoms. The van der Waals surface area contributed by atoms with Crippen molar-refractivity contribution in [3.05, 3.63) is 104 Å². The lowest BCUT2D eigenvalue weighted by Crippen LogP contribution is -2.45. The number of non-ortho nitro benzene ring substituents is 2. The maximum absolute atomic E-state index is 13.2. The molecule has 0 saturated carbocycles. The molecule has 1 aromatic heterocycles. The van der Waals surface area contributed by atoms with Gasteiger partial charge in [-0.2, -0.15) is 0 Å². The van der Waals surface area contributed by atoms with Crippen LogP contribution in [-0.4, -0.2) is 36.2 Å². The third-order valence-electron chi connectivity index (χ3n) is 4.82. The Labute approximate surface area is 196 Å². The van der Waals surface area contributed by atoms with Gasteiger partial charge in [0.2, 0.25) is 0 Å². The van der Waals surface area contributed by atoms with Crippen LogP contribution in [0.15, 0.2) is 72.2 Å². The zero-order valence-corrected chi connectivity index (χ0v) is 18.1. The zero-order chi connectivity index (χ0) is 24.2. The van der Waals surface area contributed by atoms with Gasteiger partial charge in [0.15, 0.2) is 0 Å². The molecule has 0 spiro atoms. The van der Waals surface area contributed by atoms with E-state index in [0.29, 0.717) is 16.0 Å². The quantitative estimate of drug-likeness (QED) is 0.307. The first kappa shape index (κ1) is 22.7. The van der Waals surface area contributed by atoms with E-state index in [4.69, 9.17) is 0 Å². The van der Waals surface area contributed by atoms with Gasteiger partial charge in [-0.3, -0.25) is 35.2 Å². The summed E-state index contributed by atoms with van der Waals surface area (Å²) in [7, 11) is 0. The monoisotopic (exact) mass is 480 g/mol. The van der Waals surface area contributed by atoms with Crippen LogP contribution in [0.5, 0.6) is 0 Å². The molecule has 2 aromatic carbocycles. The molecule has 0 aliphatic carbocycles. The lowest BCUT2D eigenvalue weighted by Gasteiger charge is -2.24. The number of nitrogens with one attached hydrogen (secondary N) is 1. The van der Waals surface area contributed by atoms with Gasteiger partial charge in [-0.1, -0.05) is 11.8 Å². The van der Waals surface area contributed by atoms with Gasteiger partial charge in [0, 0.05) is 36.7 Å². The molecule has 3 aromatic rings. The molecule has 1 fully saturated rings. The number of amides is 2. The fourth-order valence-corrected chi connectivity index (χ4v) is 4.38. The van der Waals surface area contributed by atoms with Gasteiger partial charge < -0.3 is 4.57 Å². The Morgan fingerprint density at radius 1 is 1.06 bits per heavy atom. The van der Waals surface area contributed by atoms with Crippen molar-refractivity contribution in [2.24, 2.45) is 0 Å². The first-order valence-corrected chi connectivity index (χ1v) is 10.7. The van der Waals surface area contributed by atoms with Crippen molar-refractivity contribution in [1.29, 1.82) is 0 Å². The second-order valence-corrected chi connectivity index (χ2v) is 8.24. The van der Waals surface area contributed by atoms with Gasteiger partial charge in [-0.15, -0.1) is 0 Å². The number of carbonyl (C=O) groups is 2. The van der Waals surface area contributed by atoms with Crippen LogP contribution < -0.4 is 5.43 Å². The Kier molecular flexibility index (Phi) is 6.36. The molecule has 2 amide bonds. The summed E-state index contributed by atoms with van der Waals surface area (Å²) in [5.74, 6) is -0.943. The number of benzene rings is 2. The normalized spacial score (nSPS) is 16.6. The van der Waals surface area contributed by atoms with Crippen molar-refractivity contribution in [2.45, 2.75) is 11.9 Å². The molecule has 0 radical (unpaired) electrons. The summed E-state index contributed by atoms with van der Waals surface area (Å²) >= 11 is 1.15. The highest BCUT2D eigenvalue weighted by atomic mass is 32.2. The third-order valence-corrected chi connectivity index (χ3v) is 6.08. The minimum absolute atomic E-state index is 0.0666. The zero-order valence-electron chi connectivity index (χ0n) is 17.3. The Bertz CT molecular complexity index is 1270. The molecule has 1 atom stereocenters. The summed E-state index contributed by atoms with van der Waals surface area (Å²) in [5, 5.41) is 22.4. The topological polar surface area (TPSA) is 154 Å². The standard InChI is InChI=1S/C21H16N6O6S/c28-19(12-24-10-9-22-13-24)23-25-20(29)18(11-14-1-5-16(6-2-14)26(30)31)34-21(25)15-3-7-17(8-4-15)27(32)33/h1-11,13,21H,12H2,(H,23,28)/b18-11-. The van der Waals surface area contributed by atoms with Crippen molar-refractivity contribution in [2.75, 3.05) is 0 Å². The van der Waals surface area contributed by atoms with E-state index in [2.05, 4.69) is 10.4 Å². The van der Waals surface area contributed by atoms with Crippen molar-refractivity contribution < 1.29 is 19.4 Å². The Morgan fingerprint density at radius 3 is 2.24 bits per heavy atom. The third kappa shape index (κ3) is 4.94. The minimum atomic E-state index is -0.677. The highest BCUT2D eigenvalue weighted by Crippen LogP contribution is 2.45. The summed E-state index contributed by atoms with van der Waals surface area (Å²) in [6.45, 7) is -0.0666. The van der Waals surface area contributed by atoms with Gasteiger partial charge in [-0.05, 0) is 41.5 Å². The van der Waals surface area contributed by atoms with Gasteiger partial charge in [0.05, 0.1) is 21.1 Å². The van der Waals surface area contributed by atoms with Crippen LogP contribution in [0.2, 0.25) is 0 Å². The summed E-state index contributed by atoms with van der Waals surface area (Å²) < 4.78 is 1.54. The van der Waals surface area contributed by atoms with Crippen LogP contribution in [0.1, 0.15) is 16.5 Å². The molecule has 1 aliphatic heterocycles. The Balaban J connectivity index is 1.62. The van der Waals surface area contributed by atoms with Crippen LogP contribution in [0.3, 0.4) is 0 Å².